The maximum Gasteiger partial charge on any atom is 0.0778 e. The number of hydrogen-bond donors (Lipinski definition) is 1. The Labute approximate surface area is 88.0 Å². The van der Waals surface area contributed by atoms with Crippen LogP contribution in [0.5, 0.6) is 0 Å². The van der Waals surface area contributed by atoms with Crippen molar-refractivity contribution in [2.45, 2.75) is 52.1 Å². The summed E-state index contributed by atoms with van der Waals surface area (Å²) in [4.78, 5) is 0. The van der Waals surface area contributed by atoms with Crippen molar-refractivity contribution in [2.24, 2.45) is 0 Å². The Kier molecular flexibility index (Phi) is 9.00. The lowest BCUT2D eigenvalue weighted by molar-refractivity contribution is 0.121. The highest BCUT2D eigenvalue weighted by Gasteiger charge is 2.08. The lowest BCUT2D eigenvalue weighted by Crippen LogP contribution is -2.12. The van der Waals surface area contributed by atoms with Crippen molar-refractivity contribution in [1.82, 2.24) is 0 Å². The first-order valence-electron chi connectivity index (χ1n) is 5.56. The molecule has 0 aliphatic rings. The number of methoxy groups -OCH3 is 1. The topological polar surface area (TPSA) is 29.5 Å². The summed E-state index contributed by atoms with van der Waals surface area (Å²) in [6.45, 7) is 4.51. The van der Waals surface area contributed by atoms with E-state index in [1.165, 1.54) is 24.8 Å². The van der Waals surface area contributed by atoms with E-state index in [2.05, 4.69) is 19.9 Å². The fourth-order valence-corrected chi connectivity index (χ4v) is 1.53. The Morgan fingerprint density at radius 2 is 2.14 bits per heavy atom. The molecule has 0 fully saturated rings. The van der Waals surface area contributed by atoms with E-state index in [4.69, 9.17) is 9.84 Å². The van der Waals surface area contributed by atoms with E-state index in [-0.39, 0.29) is 12.7 Å². The van der Waals surface area contributed by atoms with E-state index in [9.17, 15) is 0 Å². The minimum absolute atomic E-state index is 0.225. The molecule has 0 bridgehead atoms. The molecule has 0 aliphatic heterocycles. The Morgan fingerprint density at radius 3 is 2.64 bits per heavy atom. The largest absolute Gasteiger partial charge is 0.396 e. The molecule has 0 radical (unpaired) electrons. The van der Waals surface area contributed by atoms with Gasteiger partial charge in [0.1, 0.15) is 0 Å². The third-order valence-corrected chi connectivity index (χ3v) is 2.46. The second-order valence-corrected chi connectivity index (χ2v) is 3.68. The fourth-order valence-electron chi connectivity index (χ4n) is 1.53. The number of hydrogen-bond acceptors (Lipinski definition) is 2. The summed E-state index contributed by atoms with van der Waals surface area (Å²) in [5.74, 6) is 0. The average Bonchev–Trinajstić information content (AvgIpc) is 2.21. The van der Waals surface area contributed by atoms with Crippen LogP contribution in [0.1, 0.15) is 46.0 Å². The van der Waals surface area contributed by atoms with Crippen LogP contribution in [0, 0.1) is 0 Å². The van der Waals surface area contributed by atoms with Gasteiger partial charge in [0.2, 0.25) is 0 Å². The first-order chi connectivity index (χ1) is 6.76. The number of aliphatic hydroxyl groups is 1. The van der Waals surface area contributed by atoms with Gasteiger partial charge < -0.3 is 9.84 Å². The van der Waals surface area contributed by atoms with Gasteiger partial charge in [0.05, 0.1) is 6.10 Å². The van der Waals surface area contributed by atoms with Crippen molar-refractivity contribution in [2.75, 3.05) is 13.7 Å². The highest BCUT2D eigenvalue weighted by Crippen LogP contribution is 2.14. The standard InChI is InChI=1S/C12H24O2/c1-4-5-6-9-12(14-3)11(2)8-7-10-13/h8,12-13H,4-7,9-10H2,1-3H3/b11-8+. The van der Waals surface area contributed by atoms with Gasteiger partial charge in [-0.2, -0.15) is 0 Å². The molecule has 0 rings (SSSR count). The van der Waals surface area contributed by atoms with Gasteiger partial charge in [-0.25, -0.2) is 0 Å². The van der Waals surface area contributed by atoms with E-state index in [1.54, 1.807) is 7.11 Å². The molecule has 0 aromatic carbocycles. The van der Waals surface area contributed by atoms with E-state index in [0.29, 0.717) is 0 Å². The Morgan fingerprint density at radius 1 is 1.43 bits per heavy atom. The van der Waals surface area contributed by atoms with E-state index in [1.807, 2.05) is 0 Å². The summed E-state index contributed by atoms with van der Waals surface area (Å²) in [6.07, 6.45) is 7.88. The summed E-state index contributed by atoms with van der Waals surface area (Å²) >= 11 is 0. The van der Waals surface area contributed by atoms with Crippen LogP contribution < -0.4 is 0 Å². The lowest BCUT2D eigenvalue weighted by atomic mass is 10.0. The van der Waals surface area contributed by atoms with E-state index >= 15 is 0 Å². The van der Waals surface area contributed by atoms with Crippen LogP contribution in [0.2, 0.25) is 0 Å². The third kappa shape index (κ3) is 6.17. The van der Waals surface area contributed by atoms with Crippen LogP contribution in [0.3, 0.4) is 0 Å². The summed E-state index contributed by atoms with van der Waals surface area (Å²) in [5, 5.41) is 8.70. The third-order valence-electron chi connectivity index (χ3n) is 2.46. The van der Waals surface area contributed by atoms with Crippen LogP contribution in [-0.4, -0.2) is 24.9 Å². The van der Waals surface area contributed by atoms with Crippen molar-refractivity contribution >= 4 is 0 Å². The molecule has 0 saturated heterocycles. The Hall–Kier alpha value is -0.340. The minimum Gasteiger partial charge on any atom is -0.396 e. The van der Waals surface area contributed by atoms with Crippen LogP contribution in [0.4, 0.5) is 0 Å². The molecule has 0 amide bonds. The fraction of sp³-hybridized carbons (Fsp3) is 0.833. The second-order valence-electron chi connectivity index (χ2n) is 3.68. The van der Waals surface area contributed by atoms with Gasteiger partial charge in [-0.05, 0) is 25.3 Å². The van der Waals surface area contributed by atoms with Crippen LogP contribution >= 0.6 is 0 Å². The molecule has 0 aliphatic carbocycles. The molecule has 0 saturated carbocycles. The number of aliphatic hydroxyl groups excluding tert-OH is 1. The summed E-state index contributed by atoms with van der Waals surface area (Å²) in [5.41, 5.74) is 1.25. The Balaban J connectivity index is 3.85. The number of unbranched alkanes of at least 4 members (excludes halogenated alkanes) is 2. The minimum atomic E-state index is 0.225. The number of rotatable bonds is 8. The molecule has 0 spiro atoms. The molecule has 1 N–H and O–H groups in total. The van der Waals surface area contributed by atoms with Gasteiger partial charge in [-0.1, -0.05) is 32.3 Å². The average molecular weight is 200 g/mol. The highest BCUT2D eigenvalue weighted by molar-refractivity contribution is 5.04. The zero-order chi connectivity index (χ0) is 10.8. The molecule has 1 unspecified atom stereocenters. The molecule has 2 heteroatoms. The zero-order valence-electron chi connectivity index (χ0n) is 9.75. The summed E-state index contributed by atoms with van der Waals surface area (Å²) in [7, 11) is 1.76. The predicted octanol–water partition coefficient (Wildman–Crippen LogP) is 2.91. The monoisotopic (exact) mass is 200 g/mol. The van der Waals surface area contributed by atoms with Gasteiger partial charge in [-0.3, -0.25) is 0 Å². The van der Waals surface area contributed by atoms with Crippen LogP contribution in [-0.2, 0) is 4.74 Å². The molecule has 0 aromatic heterocycles. The second kappa shape index (κ2) is 9.22. The molecule has 2 nitrogen and oxygen atoms in total. The summed E-state index contributed by atoms with van der Waals surface area (Å²) in [6, 6.07) is 0. The van der Waals surface area contributed by atoms with Crippen LogP contribution in [0.25, 0.3) is 0 Å². The maximum atomic E-state index is 8.70. The van der Waals surface area contributed by atoms with Crippen LogP contribution in [0.15, 0.2) is 11.6 Å². The van der Waals surface area contributed by atoms with Gasteiger partial charge in [0, 0.05) is 13.7 Å². The van der Waals surface area contributed by atoms with E-state index < -0.39 is 0 Å². The first kappa shape index (κ1) is 13.7. The normalized spacial score (nSPS) is 14.4. The van der Waals surface area contributed by atoms with Crippen molar-refractivity contribution in [1.29, 1.82) is 0 Å². The van der Waals surface area contributed by atoms with E-state index in [0.717, 1.165) is 12.8 Å². The molecule has 14 heavy (non-hydrogen) atoms. The van der Waals surface area contributed by atoms with Gasteiger partial charge in [-0.15, -0.1) is 0 Å². The first-order valence-corrected chi connectivity index (χ1v) is 5.56. The van der Waals surface area contributed by atoms with Gasteiger partial charge in [0.25, 0.3) is 0 Å². The molecule has 0 heterocycles. The highest BCUT2D eigenvalue weighted by atomic mass is 16.5. The Bertz CT molecular complexity index is 152. The van der Waals surface area contributed by atoms with Crippen molar-refractivity contribution < 1.29 is 9.84 Å². The molecule has 1 atom stereocenters. The predicted molar refractivity (Wildman–Crippen MR) is 60.4 cm³/mol. The van der Waals surface area contributed by atoms with Crippen molar-refractivity contribution in [3.05, 3.63) is 11.6 Å². The van der Waals surface area contributed by atoms with Gasteiger partial charge >= 0.3 is 0 Å². The molecular weight excluding hydrogens is 176 g/mol. The SMILES string of the molecule is CCCCCC(OC)/C(C)=C/CCO. The maximum absolute atomic E-state index is 8.70. The van der Waals surface area contributed by atoms with Crippen molar-refractivity contribution in [3.8, 4) is 0 Å². The molecule has 84 valence electrons. The number of ether oxygens (including phenoxy) is 1. The zero-order valence-corrected chi connectivity index (χ0v) is 9.75. The van der Waals surface area contributed by atoms with Crippen molar-refractivity contribution in [3.63, 3.8) is 0 Å². The molecular formula is C12H24O2. The molecule has 0 aromatic rings. The summed E-state index contributed by atoms with van der Waals surface area (Å²) < 4.78 is 5.41. The quantitative estimate of drug-likeness (QED) is 0.482. The lowest BCUT2D eigenvalue weighted by Gasteiger charge is -2.15. The van der Waals surface area contributed by atoms with Gasteiger partial charge in [0.15, 0.2) is 0 Å². The smallest absolute Gasteiger partial charge is 0.0778 e.